The van der Waals surface area contributed by atoms with Crippen molar-refractivity contribution < 1.29 is 58.5 Å². The van der Waals surface area contributed by atoms with E-state index in [4.69, 9.17) is 33.7 Å². The van der Waals surface area contributed by atoms with Crippen LogP contribution in [-0.2, 0) is 53.6 Å². The molecule has 2 aliphatic heterocycles. The normalized spacial score (nSPS) is 35.2. The predicted molar refractivity (Wildman–Crippen MR) is 100 cm³/mol. The largest absolute Gasteiger partial charge is 0.756 e. The number of hydrogen-bond donors (Lipinski definition) is 1. The van der Waals surface area contributed by atoms with E-state index in [9.17, 15) is 9.46 Å². The Morgan fingerprint density at radius 3 is 2.45 bits per heavy atom. The summed E-state index contributed by atoms with van der Waals surface area (Å²) in [6.45, 7) is 11.0. The van der Waals surface area contributed by atoms with Gasteiger partial charge in [0.2, 0.25) is 0 Å². The van der Waals surface area contributed by atoms with E-state index in [1.54, 1.807) is 6.92 Å². The van der Waals surface area contributed by atoms with Crippen molar-refractivity contribution in [3.63, 3.8) is 0 Å². The summed E-state index contributed by atoms with van der Waals surface area (Å²) in [5, 5.41) is 0. The molecule has 172 valence electrons. The van der Waals surface area contributed by atoms with Gasteiger partial charge in [-0.25, -0.2) is 0 Å². The number of nitrogens with two attached hydrogens (primary N) is 1. The summed E-state index contributed by atoms with van der Waals surface area (Å²) in [5.41, 5.74) is 4.87. The van der Waals surface area contributed by atoms with E-state index in [-0.39, 0.29) is 64.8 Å². The predicted octanol–water partition coefficient (Wildman–Crippen LogP) is 1.88. The fourth-order valence-electron chi connectivity index (χ4n) is 3.29. The second-order valence-electron chi connectivity index (χ2n) is 8.10. The van der Waals surface area contributed by atoms with Gasteiger partial charge in [-0.15, -0.1) is 6.10 Å². The first kappa shape index (κ1) is 27.6. The molecule has 11 heteroatoms. The van der Waals surface area contributed by atoms with E-state index >= 15 is 0 Å². The smallest absolute Gasteiger partial charge is 0.265 e. The number of hydrogen-bond acceptors (Lipinski definition) is 9. The zero-order chi connectivity index (χ0) is 21.1. The monoisotopic (exact) mass is 607 g/mol. The Morgan fingerprint density at radius 1 is 1.21 bits per heavy atom. The summed E-state index contributed by atoms with van der Waals surface area (Å²) in [6.07, 6.45) is -0.222. The minimum atomic E-state index is -4.65. The summed E-state index contributed by atoms with van der Waals surface area (Å²) in [7, 11) is -4.65. The van der Waals surface area contributed by atoms with Crippen LogP contribution in [0.5, 0.6) is 0 Å². The van der Waals surface area contributed by atoms with Crippen LogP contribution in [0.15, 0.2) is 0 Å². The van der Waals surface area contributed by atoms with Gasteiger partial charge in [-0.3, -0.25) is 10.3 Å². The Hall–Kier alpha value is 0.598. The van der Waals surface area contributed by atoms with Crippen LogP contribution in [0.25, 0.3) is 0 Å². The third kappa shape index (κ3) is 8.57. The van der Waals surface area contributed by atoms with Crippen LogP contribution in [0.1, 0.15) is 54.4 Å². The molecule has 9 nitrogen and oxygen atoms in total. The molecule has 0 spiro atoms. The summed E-state index contributed by atoms with van der Waals surface area (Å²) < 4.78 is 45.3. The second kappa shape index (κ2) is 11.5. The third-order valence-corrected chi connectivity index (χ3v) is 5.43. The molecular weight excluding hydrogens is 573 g/mol. The van der Waals surface area contributed by atoms with Gasteiger partial charge in [-0.1, -0.05) is 0 Å². The Morgan fingerprint density at radius 2 is 1.86 bits per heavy atom. The van der Waals surface area contributed by atoms with Crippen LogP contribution in [0.3, 0.4) is 0 Å². The van der Waals surface area contributed by atoms with E-state index in [0.29, 0.717) is 18.9 Å². The number of phosphoric acid groups is 1. The van der Waals surface area contributed by atoms with Gasteiger partial charge in [0.25, 0.3) is 7.82 Å². The van der Waals surface area contributed by atoms with Crippen LogP contribution < -0.4 is 10.6 Å². The van der Waals surface area contributed by atoms with Crippen LogP contribution >= 0.6 is 7.82 Å². The molecule has 0 aromatic heterocycles. The van der Waals surface area contributed by atoms with Gasteiger partial charge in [0.15, 0.2) is 5.72 Å². The van der Waals surface area contributed by atoms with E-state index in [2.05, 4.69) is 0 Å². The van der Waals surface area contributed by atoms with Gasteiger partial charge in [-0.2, -0.15) is 0 Å². The average molecular weight is 607 g/mol. The molecule has 2 N–H and O–H groups in total. The van der Waals surface area contributed by atoms with E-state index in [0.717, 1.165) is 0 Å². The first-order chi connectivity index (χ1) is 12.9. The zero-order valence-electron chi connectivity index (χ0n) is 18.0. The summed E-state index contributed by atoms with van der Waals surface area (Å²) >= 11 is 0. The topological polar surface area (TPSA) is 122 Å². The number of ether oxygens (including phenoxy) is 4. The van der Waals surface area contributed by atoms with Crippen LogP contribution in [0.2, 0.25) is 0 Å². The molecule has 0 amide bonds. The molecule has 0 radical (unpaired) electrons. The Bertz CT molecular complexity index is 554. The van der Waals surface area contributed by atoms with Crippen LogP contribution in [0, 0.1) is 6.10 Å². The average Bonchev–Trinajstić information content (AvgIpc) is 3.02. The molecule has 0 aliphatic carbocycles. The standard InChI is InChI=1S/C18H35NO8P.W/c1-11(2)22-10-18(19)17(8-14(6)26-18)27-28(20,21)23-9-16-15(24-12(3)4)7-13(5)25-16;/h11-15,17H,7-10,19H2,1-6H3,(H,20,21);/q-1;/p-1/t13-,14-,15?,17+,18+;/m0./s1. The van der Waals surface area contributed by atoms with Gasteiger partial charge >= 0.3 is 0 Å². The van der Waals surface area contributed by atoms with Crippen molar-refractivity contribution in [2.45, 2.75) is 96.7 Å². The Labute approximate surface area is 188 Å². The maximum Gasteiger partial charge on any atom is 0.265 e. The van der Waals surface area contributed by atoms with Gasteiger partial charge < -0.3 is 32.9 Å². The van der Waals surface area contributed by atoms with Crippen molar-refractivity contribution in [2.24, 2.45) is 5.73 Å². The molecule has 6 atom stereocenters. The van der Waals surface area contributed by atoms with Crippen molar-refractivity contribution in [2.75, 3.05) is 13.2 Å². The minimum Gasteiger partial charge on any atom is -0.756 e. The van der Waals surface area contributed by atoms with Crippen LogP contribution in [-0.4, -0.2) is 55.6 Å². The van der Waals surface area contributed by atoms with Crippen molar-refractivity contribution in [1.82, 2.24) is 0 Å². The Balaban J connectivity index is 0.00000420. The minimum absolute atomic E-state index is 0. The van der Waals surface area contributed by atoms with Crippen molar-refractivity contribution in [1.29, 1.82) is 0 Å². The molecule has 2 aliphatic rings. The molecular formula is C18H34NO8PW-2. The van der Waals surface area contributed by atoms with Crippen molar-refractivity contribution >= 4 is 7.82 Å². The van der Waals surface area contributed by atoms with Gasteiger partial charge in [0, 0.05) is 39.7 Å². The quantitative estimate of drug-likeness (QED) is 0.293. The fraction of sp³-hybridized carbons (Fsp3) is 0.944. The van der Waals surface area contributed by atoms with Crippen molar-refractivity contribution in [3.8, 4) is 0 Å². The molecule has 0 aromatic carbocycles. The molecule has 0 aromatic rings. The SMILES string of the molecule is CC(C)OC[C@@]1(N)O[C@@H](C)C[C@H]1OP(=O)([O-])OC[C-]1O[C@@H](C)CC1OC(C)C.[W]. The number of rotatable bonds is 10. The fourth-order valence-corrected chi connectivity index (χ4v) is 4.21. The number of phosphoric ester groups is 1. The molecule has 2 rings (SSSR count). The maximum atomic E-state index is 12.4. The third-order valence-electron chi connectivity index (χ3n) is 4.47. The molecule has 2 saturated heterocycles. The van der Waals surface area contributed by atoms with Gasteiger partial charge in [-0.05, 0) is 60.7 Å². The molecule has 2 fully saturated rings. The zero-order valence-corrected chi connectivity index (χ0v) is 21.8. The van der Waals surface area contributed by atoms with E-state index in [1.165, 1.54) is 0 Å². The summed E-state index contributed by atoms with van der Waals surface area (Å²) in [5.74, 6) is 0. The molecule has 0 saturated carbocycles. The molecule has 2 heterocycles. The first-order valence-corrected chi connectivity index (χ1v) is 11.3. The second-order valence-corrected chi connectivity index (χ2v) is 9.46. The van der Waals surface area contributed by atoms with Gasteiger partial charge in [0.1, 0.15) is 6.10 Å². The maximum absolute atomic E-state index is 12.4. The van der Waals surface area contributed by atoms with E-state index in [1.807, 2.05) is 34.6 Å². The van der Waals surface area contributed by atoms with Crippen LogP contribution in [0.4, 0.5) is 0 Å². The molecule has 29 heavy (non-hydrogen) atoms. The van der Waals surface area contributed by atoms with E-state index < -0.39 is 19.7 Å². The summed E-state index contributed by atoms with van der Waals surface area (Å²) in [6, 6.07) is 0. The first-order valence-electron chi connectivity index (χ1n) is 9.80. The summed E-state index contributed by atoms with van der Waals surface area (Å²) in [4.78, 5) is 12.4. The van der Waals surface area contributed by atoms with Crippen molar-refractivity contribution in [3.05, 3.63) is 6.10 Å². The molecule has 0 bridgehead atoms. The Kier molecular flexibility index (Phi) is 10.9. The molecule has 2 unspecified atom stereocenters. The van der Waals surface area contributed by atoms with Gasteiger partial charge in [0.05, 0.1) is 18.8 Å².